The molecule has 0 aliphatic carbocycles. The summed E-state index contributed by atoms with van der Waals surface area (Å²) in [5.41, 5.74) is 1.29. The first kappa shape index (κ1) is 10.4. The molecule has 1 aliphatic heterocycles. The van der Waals surface area contributed by atoms with Gasteiger partial charge < -0.3 is 5.11 Å². The lowest BCUT2D eigenvalue weighted by molar-refractivity contribution is 0.199. The number of fused-ring (bicyclic) bond motifs is 1. The Kier molecular flexibility index (Phi) is 2.20. The van der Waals surface area contributed by atoms with Gasteiger partial charge in [-0.05, 0) is 31.6 Å². The lowest BCUT2D eigenvalue weighted by Gasteiger charge is -2.08. The van der Waals surface area contributed by atoms with E-state index in [0.29, 0.717) is 20.9 Å². The monoisotopic (exact) mass is 224 g/mol. The van der Waals surface area contributed by atoms with E-state index in [1.165, 1.54) is 0 Å². The Morgan fingerprint density at radius 2 is 2.00 bits per heavy atom. The van der Waals surface area contributed by atoms with Gasteiger partial charge in [0.1, 0.15) is 0 Å². The second kappa shape index (κ2) is 3.18. The molecule has 1 unspecified atom stereocenters. The summed E-state index contributed by atoms with van der Waals surface area (Å²) >= 11 is 0. The fraction of sp³-hybridized carbons (Fsp3) is 0.273. The highest BCUT2D eigenvalue weighted by molar-refractivity contribution is 7.95. The van der Waals surface area contributed by atoms with E-state index < -0.39 is 15.9 Å². The van der Waals surface area contributed by atoms with Gasteiger partial charge in [0, 0.05) is 10.5 Å². The highest BCUT2D eigenvalue weighted by Gasteiger charge is 2.28. The molecule has 1 heterocycles. The molecular weight excluding hydrogens is 212 g/mol. The van der Waals surface area contributed by atoms with E-state index in [-0.39, 0.29) is 0 Å². The molecule has 15 heavy (non-hydrogen) atoms. The summed E-state index contributed by atoms with van der Waals surface area (Å²) in [7, 11) is -3.29. The number of sulfone groups is 1. The van der Waals surface area contributed by atoms with Crippen molar-refractivity contribution in [1.82, 2.24) is 0 Å². The minimum Gasteiger partial charge on any atom is -0.389 e. The summed E-state index contributed by atoms with van der Waals surface area (Å²) in [6.45, 7) is 3.20. The van der Waals surface area contributed by atoms with Crippen molar-refractivity contribution < 1.29 is 13.5 Å². The summed E-state index contributed by atoms with van der Waals surface area (Å²) in [6.07, 6.45) is 0.962. The van der Waals surface area contributed by atoms with Crippen molar-refractivity contribution in [1.29, 1.82) is 0 Å². The Morgan fingerprint density at radius 3 is 2.60 bits per heavy atom. The Labute approximate surface area is 89.0 Å². The van der Waals surface area contributed by atoms with Crippen molar-refractivity contribution in [2.75, 3.05) is 0 Å². The minimum absolute atomic E-state index is 0.304. The highest BCUT2D eigenvalue weighted by atomic mass is 32.2. The predicted octanol–water partition coefficient (Wildman–Crippen LogP) is 1.89. The molecule has 0 amide bonds. The maximum absolute atomic E-state index is 11.8. The van der Waals surface area contributed by atoms with Crippen LogP contribution in [0.2, 0.25) is 0 Å². The third-order valence-corrected chi connectivity index (χ3v) is 4.51. The van der Waals surface area contributed by atoms with Gasteiger partial charge in [-0.15, -0.1) is 0 Å². The van der Waals surface area contributed by atoms with Crippen LogP contribution in [0.3, 0.4) is 0 Å². The van der Waals surface area contributed by atoms with Gasteiger partial charge in [0.2, 0.25) is 9.84 Å². The van der Waals surface area contributed by atoms with Gasteiger partial charge in [0.05, 0.1) is 11.0 Å². The van der Waals surface area contributed by atoms with Crippen molar-refractivity contribution in [3.05, 3.63) is 34.2 Å². The van der Waals surface area contributed by atoms with Crippen LogP contribution in [-0.4, -0.2) is 13.5 Å². The number of aliphatic hydroxyl groups is 1. The van der Waals surface area contributed by atoms with E-state index in [0.717, 1.165) is 0 Å². The zero-order valence-corrected chi connectivity index (χ0v) is 9.38. The summed E-state index contributed by atoms with van der Waals surface area (Å²) in [5.74, 6) is 0. The van der Waals surface area contributed by atoms with E-state index in [2.05, 4.69) is 0 Å². The topological polar surface area (TPSA) is 54.4 Å². The zero-order chi connectivity index (χ0) is 11.2. The van der Waals surface area contributed by atoms with Gasteiger partial charge in [-0.1, -0.05) is 12.1 Å². The van der Waals surface area contributed by atoms with Crippen molar-refractivity contribution in [2.45, 2.75) is 24.8 Å². The average Bonchev–Trinajstić information content (AvgIpc) is 2.38. The third-order valence-electron chi connectivity index (χ3n) is 2.61. The van der Waals surface area contributed by atoms with E-state index in [9.17, 15) is 13.5 Å². The third kappa shape index (κ3) is 1.41. The number of rotatable bonds is 1. The van der Waals surface area contributed by atoms with Crippen molar-refractivity contribution in [3.63, 3.8) is 0 Å². The summed E-state index contributed by atoms with van der Waals surface area (Å²) in [6, 6.07) is 4.97. The van der Waals surface area contributed by atoms with Crippen LogP contribution in [0.25, 0.3) is 6.08 Å². The van der Waals surface area contributed by atoms with Crippen LogP contribution < -0.4 is 0 Å². The Hall–Kier alpha value is -1.13. The summed E-state index contributed by atoms with van der Waals surface area (Å²) in [5, 5.41) is 9.52. The Morgan fingerprint density at radius 1 is 1.33 bits per heavy atom. The number of hydrogen-bond donors (Lipinski definition) is 1. The molecule has 1 aromatic rings. The van der Waals surface area contributed by atoms with E-state index in [1.54, 1.807) is 38.1 Å². The predicted molar refractivity (Wildman–Crippen MR) is 57.9 cm³/mol. The van der Waals surface area contributed by atoms with Crippen molar-refractivity contribution in [3.8, 4) is 0 Å². The maximum Gasteiger partial charge on any atom is 0.203 e. The van der Waals surface area contributed by atoms with E-state index >= 15 is 0 Å². The number of hydrogen-bond acceptors (Lipinski definition) is 3. The zero-order valence-electron chi connectivity index (χ0n) is 8.56. The molecular formula is C11H12O3S. The molecule has 1 atom stereocenters. The normalized spacial score (nSPS) is 19.5. The fourth-order valence-corrected chi connectivity index (χ4v) is 3.11. The van der Waals surface area contributed by atoms with Gasteiger partial charge in [-0.25, -0.2) is 8.42 Å². The van der Waals surface area contributed by atoms with Crippen LogP contribution in [0.5, 0.6) is 0 Å². The highest BCUT2D eigenvalue weighted by Crippen LogP contribution is 2.36. The van der Waals surface area contributed by atoms with Crippen LogP contribution in [-0.2, 0) is 9.84 Å². The smallest absolute Gasteiger partial charge is 0.203 e. The van der Waals surface area contributed by atoms with Gasteiger partial charge in [-0.2, -0.15) is 0 Å². The molecule has 0 saturated carbocycles. The van der Waals surface area contributed by atoms with Gasteiger partial charge in [0.25, 0.3) is 0 Å². The lowest BCUT2D eigenvalue weighted by Crippen LogP contribution is -2.00. The molecule has 80 valence electrons. The van der Waals surface area contributed by atoms with Gasteiger partial charge in [0.15, 0.2) is 0 Å². The van der Waals surface area contributed by atoms with Crippen LogP contribution in [0.4, 0.5) is 0 Å². The molecule has 1 aliphatic rings. The van der Waals surface area contributed by atoms with Gasteiger partial charge >= 0.3 is 0 Å². The van der Waals surface area contributed by atoms with Crippen molar-refractivity contribution >= 4 is 15.9 Å². The molecule has 0 aromatic heterocycles. The Balaban J connectivity index is 2.78. The maximum atomic E-state index is 11.8. The molecule has 0 radical (unpaired) electrons. The first-order chi connectivity index (χ1) is 6.94. The molecule has 3 nitrogen and oxygen atoms in total. The second-order valence-corrected chi connectivity index (χ2v) is 5.78. The van der Waals surface area contributed by atoms with Crippen molar-refractivity contribution in [2.24, 2.45) is 0 Å². The van der Waals surface area contributed by atoms with Gasteiger partial charge in [-0.3, -0.25) is 0 Å². The molecule has 4 heteroatoms. The largest absolute Gasteiger partial charge is 0.389 e. The molecule has 0 saturated heterocycles. The molecule has 1 aromatic carbocycles. The summed E-state index contributed by atoms with van der Waals surface area (Å²) < 4.78 is 23.6. The molecule has 0 spiro atoms. The average molecular weight is 224 g/mol. The fourth-order valence-electron chi connectivity index (χ4n) is 1.77. The van der Waals surface area contributed by atoms with E-state index in [4.69, 9.17) is 0 Å². The molecule has 0 bridgehead atoms. The SMILES string of the molecule is CC1=Cc2c(C(C)O)cccc2S1(=O)=O. The van der Waals surface area contributed by atoms with Crippen LogP contribution in [0.15, 0.2) is 28.0 Å². The first-order valence-corrected chi connectivity index (χ1v) is 6.17. The summed E-state index contributed by atoms with van der Waals surface area (Å²) in [4.78, 5) is 0.643. The quantitative estimate of drug-likeness (QED) is 0.792. The van der Waals surface area contributed by atoms with E-state index in [1.807, 2.05) is 0 Å². The molecule has 2 rings (SSSR count). The van der Waals surface area contributed by atoms with Crippen LogP contribution >= 0.6 is 0 Å². The minimum atomic E-state index is -3.29. The molecule has 1 N–H and O–H groups in total. The number of benzene rings is 1. The Bertz CT molecular complexity index is 539. The number of aliphatic hydroxyl groups excluding tert-OH is 1. The second-order valence-electron chi connectivity index (χ2n) is 3.69. The van der Waals surface area contributed by atoms with Crippen LogP contribution in [0.1, 0.15) is 31.1 Å². The molecule has 0 fully saturated rings. The standard InChI is InChI=1S/C11H12O3S/c1-7-6-10-9(8(2)12)4-3-5-11(10)15(7,13)14/h3-6,8,12H,1-2H3. The first-order valence-electron chi connectivity index (χ1n) is 4.69. The number of allylic oxidation sites excluding steroid dienone is 1. The van der Waals surface area contributed by atoms with Crippen LogP contribution in [0, 0.1) is 0 Å². The lowest BCUT2D eigenvalue weighted by atomic mass is 10.0.